The minimum Gasteiger partial charge on any atom is -0.497 e. The Bertz CT molecular complexity index is 1670. The number of amides is 3. The highest BCUT2D eigenvalue weighted by molar-refractivity contribution is 8.15. The number of carbonyl (C=O) groups excluding carboxylic acids is 3. The number of para-hydroxylation sites is 1. The van der Waals surface area contributed by atoms with E-state index in [1.54, 1.807) is 31.4 Å². The van der Waals surface area contributed by atoms with Crippen molar-refractivity contribution in [3.8, 4) is 17.2 Å². The number of rotatable bonds is 10. The van der Waals surface area contributed by atoms with Crippen LogP contribution in [0.3, 0.4) is 0 Å². The average Bonchev–Trinajstić information content (AvgIpc) is 3.65. The second kappa shape index (κ2) is 12.8. The van der Waals surface area contributed by atoms with Crippen molar-refractivity contribution in [2.45, 2.75) is 44.0 Å². The number of benzene rings is 3. The number of nitrogens with zero attached hydrogens (tertiary/aromatic N) is 3. The van der Waals surface area contributed by atoms with E-state index in [2.05, 4.69) is 10.6 Å². The lowest BCUT2D eigenvalue weighted by Crippen LogP contribution is -2.42. The van der Waals surface area contributed by atoms with Crippen LogP contribution in [0.1, 0.15) is 37.3 Å². The molecule has 0 saturated carbocycles. The molecule has 0 unspecified atom stereocenters. The molecular formula is C32H31N5O6S. The van der Waals surface area contributed by atoms with Crippen LogP contribution in [0.5, 0.6) is 17.2 Å². The Hall–Kier alpha value is -4.84. The number of ether oxygens (including phenoxy) is 3. The van der Waals surface area contributed by atoms with Gasteiger partial charge in [-0.25, -0.2) is 9.89 Å². The Morgan fingerprint density at radius 3 is 2.77 bits per heavy atom. The van der Waals surface area contributed by atoms with Gasteiger partial charge in [0.05, 0.1) is 18.0 Å². The lowest BCUT2D eigenvalue weighted by atomic mass is 10.1. The van der Waals surface area contributed by atoms with Gasteiger partial charge in [-0.3, -0.25) is 19.4 Å². The summed E-state index contributed by atoms with van der Waals surface area (Å²) >= 11 is 1.22. The Balaban J connectivity index is 1.13. The number of fused-ring (bicyclic) bond motifs is 4. The van der Waals surface area contributed by atoms with E-state index in [1.165, 1.54) is 16.7 Å². The number of anilines is 1. The molecule has 0 aromatic heterocycles. The van der Waals surface area contributed by atoms with Crippen LogP contribution in [0.15, 0.2) is 76.7 Å². The number of aliphatic imine (C=N–C) groups is 2. The van der Waals surface area contributed by atoms with Gasteiger partial charge in [0.15, 0.2) is 16.7 Å². The molecule has 2 N–H and O–H groups in total. The molecule has 3 aliphatic rings. The summed E-state index contributed by atoms with van der Waals surface area (Å²) in [5, 5.41) is 5.70. The first-order chi connectivity index (χ1) is 21.4. The SMILES string of the molecule is CC[C@@H](SC1=Nc2ccccc2C2=N[C@H](CCC(=O)NCc3ccc4c(c3)OCO4)C(=O)N12)C(=O)Nc1cccc(OC)c1. The molecule has 11 nitrogen and oxygen atoms in total. The van der Waals surface area contributed by atoms with E-state index in [9.17, 15) is 14.4 Å². The summed E-state index contributed by atoms with van der Waals surface area (Å²) in [7, 11) is 1.57. The molecular weight excluding hydrogens is 582 g/mol. The molecule has 44 heavy (non-hydrogen) atoms. The van der Waals surface area contributed by atoms with E-state index in [0.29, 0.717) is 52.6 Å². The molecule has 3 heterocycles. The monoisotopic (exact) mass is 613 g/mol. The van der Waals surface area contributed by atoms with E-state index in [0.717, 1.165) is 11.1 Å². The second-order valence-corrected chi connectivity index (χ2v) is 11.5. The van der Waals surface area contributed by atoms with Crippen LogP contribution in [0, 0.1) is 0 Å². The summed E-state index contributed by atoms with van der Waals surface area (Å²) in [6.07, 6.45) is 0.857. The van der Waals surface area contributed by atoms with E-state index in [1.807, 2.05) is 49.4 Å². The van der Waals surface area contributed by atoms with Gasteiger partial charge in [0.25, 0.3) is 5.91 Å². The van der Waals surface area contributed by atoms with Gasteiger partial charge >= 0.3 is 0 Å². The van der Waals surface area contributed by atoms with Gasteiger partial charge in [-0.2, -0.15) is 0 Å². The molecule has 12 heteroatoms. The first-order valence-corrected chi connectivity index (χ1v) is 15.2. The number of amidine groups is 2. The van der Waals surface area contributed by atoms with Crippen LogP contribution in [0.2, 0.25) is 0 Å². The summed E-state index contributed by atoms with van der Waals surface area (Å²) in [6.45, 7) is 2.42. The Kier molecular flexibility index (Phi) is 8.51. The second-order valence-electron chi connectivity index (χ2n) is 10.3. The molecule has 6 rings (SSSR count). The largest absolute Gasteiger partial charge is 0.497 e. The molecule has 0 aliphatic carbocycles. The van der Waals surface area contributed by atoms with Gasteiger partial charge in [0.2, 0.25) is 18.6 Å². The van der Waals surface area contributed by atoms with Gasteiger partial charge in [-0.1, -0.05) is 43.0 Å². The third-order valence-corrected chi connectivity index (χ3v) is 8.68. The highest BCUT2D eigenvalue weighted by Crippen LogP contribution is 2.36. The van der Waals surface area contributed by atoms with E-state index < -0.39 is 11.3 Å². The highest BCUT2D eigenvalue weighted by Gasteiger charge is 2.42. The zero-order valence-electron chi connectivity index (χ0n) is 24.2. The van der Waals surface area contributed by atoms with Gasteiger partial charge < -0.3 is 24.8 Å². The number of carbonyl (C=O) groups is 3. The first kappa shape index (κ1) is 29.2. The van der Waals surface area contributed by atoms with Crippen LogP contribution < -0.4 is 24.8 Å². The Morgan fingerprint density at radius 2 is 1.93 bits per heavy atom. The van der Waals surface area contributed by atoms with Gasteiger partial charge in [-0.05, 0) is 54.8 Å². The predicted octanol–water partition coefficient (Wildman–Crippen LogP) is 4.63. The van der Waals surface area contributed by atoms with Crippen molar-refractivity contribution in [2.75, 3.05) is 19.2 Å². The maximum absolute atomic E-state index is 13.7. The van der Waals surface area contributed by atoms with Crippen LogP contribution in [-0.4, -0.2) is 58.8 Å². The van der Waals surface area contributed by atoms with E-state index in [-0.39, 0.29) is 37.4 Å². The molecule has 3 aromatic rings. The van der Waals surface area contributed by atoms with Crippen molar-refractivity contribution in [2.24, 2.45) is 9.98 Å². The van der Waals surface area contributed by atoms with Gasteiger partial charge in [0, 0.05) is 30.3 Å². The van der Waals surface area contributed by atoms with Crippen molar-refractivity contribution in [1.82, 2.24) is 10.2 Å². The van der Waals surface area contributed by atoms with Gasteiger partial charge in [-0.15, -0.1) is 0 Å². The molecule has 2 atom stereocenters. The lowest BCUT2D eigenvalue weighted by molar-refractivity contribution is -0.125. The number of methoxy groups -OCH3 is 1. The maximum atomic E-state index is 13.7. The quantitative estimate of drug-likeness (QED) is 0.341. The van der Waals surface area contributed by atoms with Crippen molar-refractivity contribution in [3.05, 3.63) is 77.9 Å². The molecule has 0 fully saturated rings. The Morgan fingerprint density at radius 1 is 1.09 bits per heavy atom. The number of nitrogens with one attached hydrogen (secondary N) is 2. The fraction of sp³-hybridized carbons (Fsp3) is 0.281. The molecule has 0 spiro atoms. The van der Waals surface area contributed by atoms with Crippen LogP contribution >= 0.6 is 11.8 Å². The number of thioether (sulfide) groups is 1. The normalized spacial score (nSPS) is 16.8. The molecule has 0 bridgehead atoms. The standard InChI is InChI=1S/C32H31N5O6S/c1-3-27(30(39)34-20-7-6-8-21(16-20)41-2)44-32-36-23-10-5-4-9-22(23)29-35-24(31(40)37(29)32)12-14-28(38)33-17-19-11-13-25-26(15-19)43-18-42-25/h4-11,13,15-16,24,27H,3,12,14,17-18H2,1-2H3,(H,33,38)(H,34,39)/t24-,27-/m1/s1. The van der Waals surface area contributed by atoms with Gasteiger partial charge in [0.1, 0.15) is 17.6 Å². The molecule has 3 amide bonds. The van der Waals surface area contributed by atoms with Crippen molar-refractivity contribution < 1.29 is 28.6 Å². The topological polar surface area (TPSA) is 131 Å². The molecule has 3 aliphatic heterocycles. The fourth-order valence-electron chi connectivity index (χ4n) is 5.05. The highest BCUT2D eigenvalue weighted by atomic mass is 32.2. The third kappa shape index (κ3) is 6.11. The molecule has 226 valence electrons. The summed E-state index contributed by atoms with van der Waals surface area (Å²) in [5.74, 6) is 1.77. The fourth-order valence-corrected chi connectivity index (χ4v) is 6.07. The third-order valence-electron chi connectivity index (χ3n) is 7.37. The van der Waals surface area contributed by atoms with Crippen molar-refractivity contribution in [3.63, 3.8) is 0 Å². The average molecular weight is 614 g/mol. The van der Waals surface area contributed by atoms with Crippen molar-refractivity contribution in [1.29, 1.82) is 0 Å². The molecule has 0 radical (unpaired) electrons. The maximum Gasteiger partial charge on any atom is 0.259 e. The van der Waals surface area contributed by atoms with Crippen LogP contribution in [-0.2, 0) is 20.9 Å². The predicted molar refractivity (Wildman–Crippen MR) is 168 cm³/mol. The summed E-state index contributed by atoms with van der Waals surface area (Å²) in [6, 6.07) is 19.4. The Labute approximate surface area is 258 Å². The lowest BCUT2D eigenvalue weighted by Gasteiger charge is -2.27. The summed E-state index contributed by atoms with van der Waals surface area (Å²) in [4.78, 5) is 50.7. The summed E-state index contributed by atoms with van der Waals surface area (Å²) < 4.78 is 16.0. The minimum absolute atomic E-state index is 0.118. The van der Waals surface area contributed by atoms with Crippen LogP contribution in [0.25, 0.3) is 0 Å². The van der Waals surface area contributed by atoms with Crippen LogP contribution in [0.4, 0.5) is 11.4 Å². The smallest absolute Gasteiger partial charge is 0.259 e. The zero-order valence-corrected chi connectivity index (χ0v) is 25.1. The van der Waals surface area contributed by atoms with E-state index in [4.69, 9.17) is 24.2 Å². The number of hydrogen-bond acceptors (Lipinski definition) is 9. The summed E-state index contributed by atoms with van der Waals surface area (Å²) in [5.41, 5.74) is 2.89. The minimum atomic E-state index is -0.746. The van der Waals surface area contributed by atoms with Crippen molar-refractivity contribution >= 4 is 51.9 Å². The number of hydrogen-bond donors (Lipinski definition) is 2. The van der Waals surface area contributed by atoms with E-state index >= 15 is 0 Å². The first-order valence-electron chi connectivity index (χ1n) is 14.3. The molecule has 3 aromatic carbocycles. The zero-order chi connectivity index (χ0) is 30.6. The molecule has 0 saturated heterocycles.